The standard InChI is InChI=1S/C16H18BrN/c1-3-13-4-6-15(7-5-13)16(17)12(2)14-8-10-18-11-9-14/h4-12,16H,3H2,1-2H3. The molecule has 2 aromatic rings. The van der Waals surface area contributed by atoms with Gasteiger partial charge in [-0.1, -0.05) is 54.0 Å². The fraction of sp³-hybridized carbons (Fsp3) is 0.312. The van der Waals surface area contributed by atoms with Gasteiger partial charge in [0.2, 0.25) is 0 Å². The lowest BCUT2D eigenvalue weighted by atomic mass is 9.94. The largest absolute Gasteiger partial charge is 0.265 e. The quantitative estimate of drug-likeness (QED) is 0.733. The Hall–Kier alpha value is -1.15. The van der Waals surface area contributed by atoms with E-state index in [1.807, 2.05) is 12.4 Å². The Balaban J connectivity index is 2.17. The number of benzene rings is 1. The summed E-state index contributed by atoms with van der Waals surface area (Å²) in [6.45, 7) is 4.42. The molecule has 1 aromatic carbocycles. The van der Waals surface area contributed by atoms with E-state index < -0.39 is 0 Å². The van der Waals surface area contributed by atoms with Crippen LogP contribution in [0.4, 0.5) is 0 Å². The van der Waals surface area contributed by atoms with E-state index >= 15 is 0 Å². The summed E-state index contributed by atoms with van der Waals surface area (Å²) in [7, 11) is 0. The number of hydrogen-bond donors (Lipinski definition) is 0. The third kappa shape index (κ3) is 2.99. The molecule has 2 rings (SSSR count). The molecule has 0 saturated heterocycles. The number of hydrogen-bond acceptors (Lipinski definition) is 1. The third-order valence-corrected chi connectivity index (χ3v) is 4.70. The van der Waals surface area contributed by atoms with Crippen LogP contribution in [0.1, 0.15) is 41.3 Å². The van der Waals surface area contributed by atoms with Crippen LogP contribution >= 0.6 is 15.9 Å². The normalized spacial score (nSPS) is 14.2. The molecule has 2 unspecified atom stereocenters. The summed E-state index contributed by atoms with van der Waals surface area (Å²) in [6, 6.07) is 13.0. The summed E-state index contributed by atoms with van der Waals surface area (Å²) in [5.41, 5.74) is 4.03. The first-order valence-corrected chi connectivity index (χ1v) is 7.26. The van der Waals surface area contributed by atoms with E-state index in [-0.39, 0.29) is 0 Å². The van der Waals surface area contributed by atoms with Gasteiger partial charge in [-0.2, -0.15) is 0 Å². The topological polar surface area (TPSA) is 12.9 Å². The monoisotopic (exact) mass is 303 g/mol. The van der Waals surface area contributed by atoms with Crippen molar-refractivity contribution in [2.45, 2.75) is 31.0 Å². The van der Waals surface area contributed by atoms with Crippen molar-refractivity contribution < 1.29 is 0 Å². The van der Waals surface area contributed by atoms with Gasteiger partial charge in [-0.15, -0.1) is 0 Å². The van der Waals surface area contributed by atoms with Crippen molar-refractivity contribution in [1.29, 1.82) is 0 Å². The Labute approximate surface area is 117 Å². The average molecular weight is 304 g/mol. The SMILES string of the molecule is CCc1ccc(C(Br)C(C)c2ccncc2)cc1. The van der Waals surface area contributed by atoms with Crippen LogP contribution in [0.25, 0.3) is 0 Å². The zero-order valence-corrected chi connectivity index (χ0v) is 12.4. The Kier molecular flexibility index (Phi) is 4.54. The number of alkyl halides is 1. The molecule has 0 bridgehead atoms. The molecule has 18 heavy (non-hydrogen) atoms. The van der Waals surface area contributed by atoms with Crippen molar-refractivity contribution in [2.75, 3.05) is 0 Å². The Bertz CT molecular complexity index is 478. The first-order valence-electron chi connectivity index (χ1n) is 6.35. The summed E-state index contributed by atoms with van der Waals surface area (Å²) < 4.78 is 0. The second-order valence-electron chi connectivity index (χ2n) is 4.57. The summed E-state index contributed by atoms with van der Waals surface area (Å²) in [5.74, 6) is 0.431. The van der Waals surface area contributed by atoms with E-state index in [2.05, 4.69) is 71.2 Å². The summed E-state index contributed by atoms with van der Waals surface area (Å²) in [4.78, 5) is 4.41. The second kappa shape index (κ2) is 6.14. The molecule has 0 amide bonds. The predicted molar refractivity (Wildman–Crippen MR) is 80.1 cm³/mol. The van der Waals surface area contributed by atoms with Crippen LogP contribution in [0.2, 0.25) is 0 Å². The van der Waals surface area contributed by atoms with Crippen LogP contribution in [-0.4, -0.2) is 4.98 Å². The molecule has 0 radical (unpaired) electrons. The van der Waals surface area contributed by atoms with Crippen molar-refractivity contribution in [3.8, 4) is 0 Å². The molecule has 94 valence electrons. The first-order chi connectivity index (χ1) is 8.72. The smallest absolute Gasteiger partial charge is 0.0461 e. The molecule has 0 spiro atoms. The van der Waals surface area contributed by atoms with Gasteiger partial charge >= 0.3 is 0 Å². The lowest BCUT2D eigenvalue weighted by Crippen LogP contribution is -2.02. The van der Waals surface area contributed by atoms with Crippen LogP contribution < -0.4 is 0 Å². The fourth-order valence-electron chi connectivity index (χ4n) is 2.06. The summed E-state index contributed by atoms with van der Waals surface area (Å²) in [6.07, 6.45) is 4.80. The van der Waals surface area contributed by atoms with Crippen molar-refractivity contribution >= 4 is 15.9 Å². The zero-order valence-electron chi connectivity index (χ0n) is 10.8. The average Bonchev–Trinajstić information content (AvgIpc) is 2.47. The Morgan fingerprint density at radius 3 is 2.17 bits per heavy atom. The third-order valence-electron chi connectivity index (χ3n) is 3.38. The molecular formula is C16H18BrN. The van der Waals surface area contributed by atoms with Gasteiger partial charge in [0, 0.05) is 17.2 Å². The van der Waals surface area contributed by atoms with Crippen LogP contribution in [0, 0.1) is 0 Å². The highest BCUT2D eigenvalue weighted by Crippen LogP contribution is 2.37. The van der Waals surface area contributed by atoms with Gasteiger partial charge in [0.25, 0.3) is 0 Å². The van der Waals surface area contributed by atoms with Crippen LogP contribution in [0.3, 0.4) is 0 Å². The lowest BCUT2D eigenvalue weighted by Gasteiger charge is -2.19. The van der Waals surface area contributed by atoms with Gasteiger partial charge in [0.1, 0.15) is 0 Å². The lowest BCUT2D eigenvalue weighted by molar-refractivity contribution is 0.749. The maximum Gasteiger partial charge on any atom is 0.0461 e. The summed E-state index contributed by atoms with van der Waals surface area (Å²) >= 11 is 3.81. The minimum Gasteiger partial charge on any atom is -0.265 e. The fourth-order valence-corrected chi connectivity index (χ4v) is 2.67. The highest BCUT2D eigenvalue weighted by atomic mass is 79.9. The molecule has 1 aromatic heterocycles. The van der Waals surface area contributed by atoms with Gasteiger partial charge in [-0.25, -0.2) is 0 Å². The highest BCUT2D eigenvalue weighted by Gasteiger charge is 2.17. The number of nitrogens with zero attached hydrogens (tertiary/aromatic N) is 1. The van der Waals surface area contributed by atoms with Crippen molar-refractivity contribution in [3.05, 3.63) is 65.5 Å². The van der Waals surface area contributed by atoms with Crippen molar-refractivity contribution in [1.82, 2.24) is 4.98 Å². The van der Waals surface area contributed by atoms with E-state index in [1.54, 1.807) is 0 Å². The van der Waals surface area contributed by atoms with Gasteiger partial charge in [-0.05, 0) is 41.2 Å². The predicted octanol–water partition coefficient (Wildman–Crippen LogP) is 4.88. The molecule has 0 aliphatic heterocycles. The number of aromatic nitrogens is 1. The minimum atomic E-state index is 0.339. The van der Waals surface area contributed by atoms with Gasteiger partial charge in [0.05, 0.1) is 0 Å². The molecule has 0 saturated carbocycles. The molecule has 0 fully saturated rings. The molecule has 1 nitrogen and oxygen atoms in total. The van der Waals surface area contributed by atoms with E-state index in [0.717, 1.165) is 6.42 Å². The minimum absolute atomic E-state index is 0.339. The summed E-state index contributed by atoms with van der Waals surface area (Å²) in [5, 5.41) is 0. The van der Waals surface area contributed by atoms with E-state index in [4.69, 9.17) is 0 Å². The second-order valence-corrected chi connectivity index (χ2v) is 5.55. The number of pyridine rings is 1. The maximum absolute atomic E-state index is 4.07. The van der Waals surface area contributed by atoms with Gasteiger partial charge in [-0.3, -0.25) is 4.98 Å². The molecule has 1 heterocycles. The number of halogens is 1. The van der Waals surface area contributed by atoms with E-state index in [1.165, 1.54) is 16.7 Å². The maximum atomic E-state index is 4.07. The van der Waals surface area contributed by atoms with Crippen molar-refractivity contribution in [2.24, 2.45) is 0 Å². The molecule has 2 atom stereocenters. The Morgan fingerprint density at radius 2 is 1.61 bits per heavy atom. The molecular weight excluding hydrogens is 286 g/mol. The Morgan fingerprint density at radius 1 is 1.00 bits per heavy atom. The molecule has 2 heteroatoms. The van der Waals surface area contributed by atoms with Crippen LogP contribution in [0.15, 0.2) is 48.8 Å². The molecule has 0 aliphatic rings. The van der Waals surface area contributed by atoms with E-state index in [0.29, 0.717) is 10.7 Å². The van der Waals surface area contributed by atoms with Crippen LogP contribution in [0.5, 0.6) is 0 Å². The first kappa shape index (κ1) is 13.3. The highest BCUT2D eigenvalue weighted by molar-refractivity contribution is 9.09. The van der Waals surface area contributed by atoms with E-state index in [9.17, 15) is 0 Å². The number of rotatable bonds is 4. The molecule has 0 N–H and O–H groups in total. The number of aryl methyl sites for hydroxylation is 1. The van der Waals surface area contributed by atoms with Crippen LogP contribution in [-0.2, 0) is 6.42 Å². The van der Waals surface area contributed by atoms with Crippen molar-refractivity contribution in [3.63, 3.8) is 0 Å². The van der Waals surface area contributed by atoms with Gasteiger partial charge < -0.3 is 0 Å². The molecule has 0 aliphatic carbocycles. The zero-order chi connectivity index (χ0) is 13.0. The van der Waals surface area contributed by atoms with Gasteiger partial charge in [0.15, 0.2) is 0 Å².